The van der Waals surface area contributed by atoms with Crippen molar-refractivity contribution in [3.05, 3.63) is 28.8 Å². The van der Waals surface area contributed by atoms with E-state index in [-0.39, 0.29) is 18.6 Å². The van der Waals surface area contributed by atoms with E-state index >= 15 is 0 Å². The number of anilines is 1. The molecule has 1 saturated carbocycles. The minimum Gasteiger partial charge on any atom is -0.396 e. The van der Waals surface area contributed by atoms with E-state index in [1.165, 1.54) is 0 Å². The Morgan fingerprint density at radius 1 is 1.47 bits per heavy atom. The fraction of sp³-hybridized carbons (Fsp3) is 0.462. The number of aliphatic hydroxyl groups excluding tert-OH is 1. The first-order valence-electron chi connectivity index (χ1n) is 5.81. The van der Waals surface area contributed by atoms with Crippen LogP contribution in [0.2, 0.25) is 5.02 Å². The van der Waals surface area contributed by atoms with Crippen LogP contribution in [0.4, 0.5) is 5.69 Å². The summed E-state index contributed by atoms with van der Waals surface area (Å²) in [5.74, 6) is 0.278. The van der Waals surface area contributed by atoms with E-state index in [9.17, 15) is 5.11 Å². The Hall–Kier alpha value is -1.24. The van der Waals surface area contributed by atoms with Crippen molar-refractivity contribution in [2.75, 3.05) is 11.9 Å². The molecular weight excluding hydrogens is 236 g/mol. The molecule has 17 heavy (non-hydrogen) atoms. The van der Waals surface area contributed by atoms with Crippen LogP contribution in [0.1, 0.15) is 24.8 Å². The van der Waals surface area contributed by atoms with E-state index in [0.717, 1.165) is 24.9 Å². The van der Waals surface area contributed by atoms with Crippen molar-refractivity contribution in [1.29, 1.82) is 5.26 Å². The maximum absolute atomic E-state index is 9.26. The van der Waals surface area contributed by atoms with Crippen molar-refractivity contribution in [3.8, 4) is 6.07 Å². The molecule has 0 heterocycles. The molecule has 1 aliphatic carbocycles. The Kier molecular flexibility index (Phi) is 3.88. The van der Waals surface area contributed by atoms with Crippen LogP contribution in [0.15, 0.2) is 18.2 Å². The lowest BCUT2D eigenvalue weighted by molar-refractivity contribution is 0.222. The average molecular weight is 251 g/mol. The first-order valence-corrected chi connectivity index (χ1v) is 6.19. The third-order valence-electron chi connectivity index (χ3n) is 3.34. The minimum atomic E-state index is 0.195. The summed E-state index contributed by atoms with van der Waals surface area (Å²) in [6, 6.07) is 7.59. The largest absolute Gasteiger partial charge is 0.396 e. The van der Waals surface area contributed by atoms with Gasteiger partial charge < -0.3 is 10.4 Å². The van der Waals surface area contributed by atoms with Gasteiger partial charge in [-0.3, -0.25) is 0 Å². The van der Waals surface area contributed by atoms with Gasteiger partial charge in [0.05, 0.1) is 11.3 Å². The summed E-state index contributed by atoms with van der Waals surface area (Å²) in [5, 5.41) is 22.2. The third kappa shape index (κ3) is 2.71. The van der Waals surface area contributed by atoms with Crippen LogP contribution < -0.4 is 5.32 Å². The number of aliphatic hydroxyl groups is 1. The molecule has 0 amide bonds. The number of nitriles is 1. The Bertz CT molecular complexity index is 442. The van der Waals surface area contributed by atoms with Gasteiger partial charge in [0, 0.05) is 23.6 Å². The van der Waals surface area contributed by atoms with E-state index in [1.807, 2.05) is 0 Å². The molecule has 1 fully saturated rings. The van der Waals surface area contributed by atoms with Crippen molar-refractivity contribution in [1.82, 2.24) is 0 Å². The predicted molar refractivity (Wildman–Crippen MR) is 68.0 cm³/mol. The predicted octanol–water partition coefficient (Wildman–Crippen LogP) is 2.78. The SMILES string of the molecule is N#Cc1ccc(Cl)cc1NC1CCCC1CO. The minimum absolute atomic E-state index is 0.195. The average Bonchev–Trinajstić information content (AvgIpc) is 2.77. The maximum atomic E-state index is 9.26. The summed E-state index contributed by atoms with van der Waals surface area (Å²) in [6.45, 7) is 0.195. The molecule has 0 bridgehead atoms. The molecule has 2 unspecified atom stereocenters. The number of hydrogen-bond donors (Lipinski definition) is 2. The second-order valence-corrected chi connectivity index (χ2v) is 4.86. The summed E-state index contributed by atoms with van der Waals surface area (Å²) in [4.78, 5) is 0. The lowest BCUT2D eigenvalue weighted by atomic mass is 10.0. The Labute approximate surface area is 106 Å². The van der Waals surface area contributed by atoms with Crippen LogP contribution in [0, 0.1) is 17.2 Å². The lowest BCUT2D eigenvalue weighted by Crippen LogP contribution is -2.26. The van der Waals surface area contributed by atoms with Crippen LogP contribution in [0.25, 0.3) is 0 Å². The molecule has 4 heteroatoms. The zero-order valence-electron chi connectivity index (χ0n) is 9.49. The molecule has 1 aliphatic rings. The Balaban J connectivity index is 2.18. The van der Waals surface area contributed by atoms with Gasteiger partial charge in [0.1, 0.15) is 6.07 Å². The van der Waals surface area contributed by atoms with E-state index in [0.29, 0.717) is 10.6 Å². The fourth-order valence-electron chi connectivity index (χ4n) is 2.38. The summed E-state index contributed by atoms with van der Waals surface area (Å²) in [5.41, 5.74) is 1.36. The van der Waals surface area contributed by atoms with Gasteiger partial charge in [0.15, 0.2) is 0 Å². The quantitative estimate of drug-likeness (QED) is 0.867. The normalized spacial score (nSPS) is 23.4. The number of benzene rings is 1. The smallest absolute Gasteiger partial charge is 0.101 e. The maximum Gasteiger partial charge on any atom is 0.101 e. The molecule has 1 aromatic rings. The molecule has 0 radical (unpaired) electrons. The molecule has 1 aromatic carbocycles. The lowest BCUT2D eigenvalue weighted by Gasteiger charge is -2.21. The molecule has 2 atom stereocenters. The molecule has 0 aromatic heterocycles. The van der Waals surface area contributed by atoms with Crippen molar-refractivity contribution in [2.45, 2.75) is 25.3 Å². The molecule has 2 N–H and O–H groups in total. The van der Waals surface area contributed by atoms with Gasteiger partial charge in [-0.25, -0.2) is 0 Å². The summed E-state index contributed by atoms with van der Waals surface area (Å²) in [7, 11) is 0. The van der Waals surface area contributed by atoms with Crippen molar-refractivity contribution >= 4 is 17.3 Å². The zero-order chi connectivity index (χ0) is 12.3. The highest BCUT2D eigenvalue weighted by Crippen LogP contribution is 2.30. The van der Waals surface area contributed by atoms with Crippen LogP contribution in [-0.2, 0) is 0 Å². The molecular formula is C13H15ClN2O. The van der Waals surface area contributed by atoms with Crippen LogP contribution in [0.3, 0.4) is 0 Å². The first kappa shape index (κ1) is 12.2. The number of halogens is 1. The fourth-order valence-corrected chi connectivity index (χ4v) is 2.55. The van der Waals surface area contributed by atoms with E-state index < -0.39 is 0 Å². The van der Waals surface area contributed by atoms with Crippen LogP contribution in [0.5, 0.6) is 0 Å². The van der Waals surface area contributed by atoms with Gasteiger partial charge in [-0.05, 0) is 31.0 Å². The standard InChI is InChI=1S/C13H15ClN2O/c14-11-5-4-9(7-15)13(6-11)16-12-3-1-2-10(12)8-17/h4-6,10,12,16-17H,1-3,8H2. The van der Waals surface area contributed by atoms with Crippen molar-refractivity contribution in [2.24, 2.45) is 5.92 Å². The van der Waals surface area contributed by atoms with Gasteiger partial charge in [-0.15, -0.1) is 0 Å². The van der Waals surface area contributed by atoms with Gasteiger partial charge in [0.25, 0.3) is 0 Å². The highest BCUT2D eigenvalue weighted by atomic mass is 35.5. The Morgan fingerprint density at radius 3 is 3.00 bits per heavy atom. The van der Waals surface area contributed by atoms with Gasteiger partial charge in [0.2, 0.25) is 0 Å². The Morgan fingerprint density at radius 2 is 2.29 bits per heavy atom. The van der Waals surface area contributed by atoms with E-state index in [2.05, 4.69) is 11.4 Å². The van der Waals surface area contributed by atoms with Crippen LogP contribution >= 0.6 is 11.6 Å². The zero-order valence-corrected chi connectivity index (χ0v) is 10.2. The summed E-state index contributed by atoms with van der Waals surface area (Å²) in [6.07, 6.45) is 3.19. The van der Waals surface area contributed by atoms with E-state index in [1.54, 1.807) is 18.2 Å². The highest BCUT2D eigenvalue weighted by molar-refractivity contribution is 6.30. The first-order chi connectivity index (χ1) is 8.24. The molecule has 3 nitrogen and oxygen atoms in total. The third-order valence-corrected chi connectivity index (χ3v) is 3.57. The summed E-state index contributed by atoms with van der Waals surface area (Å²) >= 11 is 5.93. The molecule has 0 aliphatic heterocycles. The number of hydrogen-bond acceptors (Lipinski definition) is 3. The molecule has 90 valence electrons. The second kappa shape index (κ2) is 5.39. The molecule has 0 spiro atoms. The van der Waals surface area contributed by atoms with Crippen LogP contribution in [-0.4, -0.2) is 17.8 Å². The highest BCUT2D eigenvalue weighted by Gasteiger charge is 2.26. The monoisotopic (exact) mass is 250 g/mol. The number of rotatable bonds is 3. The number of nitrogens with zero attached hydrogens (tertiary/aromatic N) is 1. The van der Waals surface area contributed by atoms with Gasteiger partial charge in [-0.2, -0.15) is 5.26 Å². The van der Waals surface area contributed by atoms with E-state index in [4.69, 9.17) is 16.9 Å². The second-order valence-electron chi connectivity index (χ2n) is 4.43. The molecule has 0 saturated heterocycles. The summed E-state index contributed by atoms with van der Waals surface area (Å²) < 4.78 is 0. The number of nitrogens with one attached hydrogen (secondary N) is 1. The van der Waals surface area contributed by atoms with Gasteiger partial charge >= 0.3 is 0 Å². The molecule has 2 rings (SSSR count). The topological polar surface area (TPSA) is 56.0 Å². The van der Waals surface area contributed by atoms with Crippen molar-refractivity contribution < 1.29 is 5.11 Å². The van der Waals surface area contributed by atoms with Gasteiger partial charge in [-0.1, -0.05) is 18.0 Å². The van der Waals surface area contributed by atoms with Crippen molar-refractivity contribution in [3.63, 3.8) is 0 Å².